The number of amides is 1. The van der Waals surface area contributed by atoms with E-state index >= 15 is 0 Å². The minimum absolute atomic E-state index is 0.0848. The average molecular weight is 522 g/mol. The van der Waals surface area contributed by atoms with E-state index in [2.05, 4.69) is 48.7 Å². The number of para-hydroxylation sites is 1. The first kappa shape index (κ1) is 23.1. The van der Waals surface area contributed by atoms with Crippen LogP contribution in [0.25, 0.3) is 11.3 Å². The Kier molecular flexibility index (Phi) is 5.51. The Hall–Kier alpha value is -4.03. The van der Waals surface area contributed by atoms with Crippen LogP contribution in [0, 0.1) is 0 Å². The first-order chi connectivity index (χ1) is 18.6. The molecule has 1 amide bonds. The van der Waals surface area contributed by atoms with Crippen LogP contribution in [0.15, 0.2) is 77.8 Å². The van der Waals surface area contributed by atoms with E-state index in [0.717, 1.165) is 53.2 Å². The summed E-state index contributed by atoms with van der Waals surface area (Å²) >= 11 is 0. The molecule has 0 saturated heterocycles. The van der Waals surface area contributed by atoms with Crippen LogP contribution in [0.5, 0.6) is 0 Å². The third kappa shape index (κ3) is 3.79. The second-order valence-corrected chi connectivity index (χ2v) is 10.7. The van der Waals surface area contributed by atoms with E-state index in [1.807, 2.05) is 60.3 Å². The molecule has 1 aliphatic carbocycles. The highest BCUT2D eigenvalue weighted by molar-refractivity contribution is 7.26. The predicted octanol–water partition coefficient (Wildman–Crippen LogP) is 4.42. The maximum atomic E-state index is 13.7. The van der Waals surface area contributed by atoms with Crippen molar-refractivity contribution < 1.29 is 4.79 Å². The summed E-state index contributed by atoms with van der Waals surface area (Å²) in [6, 6.07) is 24.8. The van der Waals surface area contributed by atoms with Gasteiger partial charge < -0.3 is 5.32 Å². The standard InChI is InChI=1S/C29H28N7OP/c1-34-28(37)25-26(30-20-7-3-2-4-8-20)35(33-27(25)36-23-11-5-10-22(23)32-29(34)36)17-18-13-15-19(16-14-18)21-9-6-12-24(38)31-21/h2-4,6-9,12-16,22-23,30H,5,10-11,17,38H2,1H3/t22-,23+/m1/s1. The van der Waals surface area contributed by atoms with Gasteiger partial charge in [0.25, 0.3) is 5.91 Å². The second-order valence-electron chi connectivity index (χ2n) is 10.1. The molecule has 1 saturated carbocycles. The zero-order valence-corrected chi connectivity index (χ0v) is 22.2. The highest BCUT2D eigenvalue weighted by atomic mass is 31.0. The van der Waals surface area contributed by atoms with Crippen LogP contribution in [0.3, 0.4) is 0 Å². The Morgan fingerprint density at radius 1 is 1.00 bits per heavy atom. The largest absolute Gasteiger partial charge is 0.340 e. The van der Waals surface area contributed by atoms with Gasteiger partial charge in [-0.05, 0) is 49.1 Å². The van der Waals surface area contributed by atoms with Gasteiger partial charge in [-0.2, -0.15) is 5.10 Å². The van der Waals surface area contributed by atoms with E-state index < -0.39 is 0 Å². The maximum Gasteiger partial charge on any atom is 0.267 e. The molecule has 3 atom stereocenters. The monoisotopic (exact) mass is 521 g/mol. The number of hydrogen-bond acceptors (Lipinski definition) is 6. The van der Waals surface area contributed by atoms with Crippen LogP contribution in [-0.2, 0) is 6.54 Å². The molecule has 1 fully saturated rings. The molecular weight excluding hydrogens is 493 g/mol. The maximum absolute atomic E-state index is 13.7. The lowest BCUT2D eigenvalue weighted by Gasteiger charge is -2.34. The highest BCUT2D eigenvalue weighted by Gasteiger charge is 2.49. The molecule has 38 heavy (non-hydrogen) atoms. The first-order valence-corrected chi connectivity index (χ1v) is 13.5. The van der Waals surface area contributed by atoms with Crippen LogP contribution in [0.4, 0.5) is 17.3 Å². The van der Waals surface area contributed by atoms with Gasteiger partial charge in [-0.1, -0.05) is 57.8 Å². The number of pyridine rings is 1. The summed E-state index contributed by atoms with van der Waals surface area (Å²) in [5, 5.41) is 8.57. The van der Waals surface area contributed by atoms with Gasteiger partial charge in [0.2, 0.25) is 5.96 Å². The second kappa shape index (κ2) is 9.07. The highest BCUT2D eigenvalue weighted by Crippen LogP contribution is 2.43. The Morgan fingerprint density at radius 3 is 2.61 bits per heavy atom. The molecule has 0 bridgehead atoms. The van der Waals surface area contributed by atoms with Crippen LogP contribution in [0.2, 0.25) is 0 Å². The van der Waals surface area contributed by atoms with Crippen molar-refractivity contribution in [1.82, 2.24) is 19.7 Å². The minimum Gasteiger partial charge on any atom is -0.340 e. The number of carbonyl (C=O) groups is 1. The molecule has 0 radical (unpaired) electrons. The van der Waals surface area contributed by atoms with Crippen molar-refractivity contribution in [2.45, 2.75) is 37.9 Å². The number of aliphatic imine (C=N–C) groups is 1. The number of nitrogens with one attached hydrogen (secondary N) is 1. The van der Waals surface area contributed by atoms with Gasteiger partial charge in [0.05, 0.1) is 29.8 Å². The summed E-state index contributed by atoms with van der Waals surface area (Å²) in [6.07, 6.45) is 3.26. The smallest absolute Gasteiger partial charge is 0.267 e. The Labute approximate surface area is 223 Å². The number of rotatable bonds is 5. The van der Waals surface area contributed by atoms with Crippen molar-refractivity contribution in [3.05, 3.63) is 83.9 Å². The number of hydrogen-bond donors (Lipinski definition) is 1. The Balaban J connectivity index is 1.29. The van der Waals surface area contributed by atoms with Crippen molar-refractivity contribution in [1.29, 1.82) is 0 Å². The normalized spacial score (nSPS) is 19.7. The molecule has 190 valence electrons. The zero-order valence-electron chi connectivity index (χ0n) is 21.1. The lowest BCUT2D eigenvalue weighted by atomic mass is 10.1. The van der Waals surface area contributed by atoms with E-state index in [-0.39, 0.29) is 18.0 Å². The molecule has 0 spiro atoms. The molecule has 8 nitrogen and oxygen atoms in total. The summed E-state index contributed by atoms with van der Waals surface area (Å²) in [5.74, 6) is 2.04. The molecule has 2 aliphatic heterocycles. The number of aromatic nitrogens is 3. The summed E-state index contributed by atoms with van der Waals surface area (Å²) in [4.78, 5) is 27.1. The number of anilines is 3. The van der Waals surface area contributed by atoms with Gasteiger partial charge in [0, 0.05) is 18.3 Å². The molecule has 7 rings (SSSR count). The topological polar surface area (TPSA) is 78.7 Å². The minimum atomic E-state index is -0.0848. The van der Waals surface area contributed by atoms with Gasteiger partial charge in [0.1, 0.15) is 11.4 Å². The quantitative estimate of drug-likeness (QED) is 0.394. The summed E-state index contributed by atoms with van der Waals surface area (Å²) in [5.41, 5.74) is 5.50. The van der Waals surface area contributed by atoms with Crippen LogP contribution in [-0.4, -0.2) is 50.7 Å². The number of fused-ring (bicyclic) bond motifs is 5. The number of guanidine groups is 1. The molecule has 1 unspecified atom stereocenters. The van der Waals surface area contributed by atoms with Crippen molar-refractivity contribution in [3.63, 3.8) is 0 Å². The number of nitrogens with zero attached hydrogens (tertiary/aromatic N) is 6. The Bertz CT molecular complexity index is 1560. The first-order valence-electron chi connectivity index (χ1n) is 13.0. The van der Waals surface area contributed by atoms with Crippen LogP contribution < -0.4 is 15.7 Å². The molecule has 3 aliphatic rings. The summed E-state index contributed by atoms with van der Waals surface area (Å²) in [6.45, 7) is 0.519. The summed E-state index contributed by atoms with van der Waals surface area (Å²) < 4.78 is 1.92. The summed E-state index contributed by atoms with van der Waals surface area (Å²) in [7, 11) is 4.46. The van der Waals surface area contributed by atoms with Crippen molar-refractivity contribution in [3.8, 4) is 11.3 Å². The third-order valence-corrected chi connectivity index (χ3v) is 7.96. The van der Waals surface area contributed by atoms with E-state index in [1.165, 1.54) is 0 Å². The van der Waals surface area contributed by atoms with Gasteiger partial charge in [-0.25, -0.2) is 14.7 Å². The molecule has 2 aromatic heterocycles. The van der Waals surface area contributed by atoms with E-state index in [9.17, 15) is 4.79 Å². The molecule has 9 heteroatoms. The third-order valence-electron chi connectivity index (χ3n) is 7.64. The molecular formula is C29H28N7OP. The van der Waals surface area contributed by atoms with Gasteiger partial charge in [-0.15, -0.1) is 0 Å². The van der Waals surface area contributed by atoms with Crippen molar-refractivity contribution in [2.75, 3.05) is 17.3 Å². The van der Waals surface area contributed by atoms with Crippen LogP contribution in [0.1, 0.15) is 35.2 Å². The van der Waals surface area contributed by atoms with Crippen LogP contribution >= 0.6 is 9.24 Å². The van der Waals surface area contributed by atoms with Gasteiger partial charge in [0.15, 0.2) is 5.82 Å². The zero-order chi connectivity index (χ0) is 25.8. The fraction of sp³-hybridized carbons (Fsp3) is 0.241. The Morgan fingerprint density at radius 2 is 1.82 bits per heavy atom. The molecule has 4 heterocycles. The predicted molar refractivity (Wildman–Crippen MR) is 154 cm³/mol. The van der Waals surface area contributed by atoms with Gasteiger partial charge in [-0.3, -0.25) is 14.6 Å². The fourth-order valence-electron chi connectivity index (χ4n) is 5.77. The fourth-order valence-corrected chi connectivity index (χ4v) is 6.02. The molecule has 2 aromatic carbocycles. The van der Waals surface area contributed by atoms with E-state index in [1.54, 1.807) is 4.90 Å². The molecule has 1 N–H and O–H groups in total. The SMILES string of the molecule is CN1C(=O)c2c(nn(Cc3ccc(-c4cccc(P)n4)cc3)c2Nc2ccccc2)N2C1=N[C@@H]1CCC[C@@H]12. The van der Waals surface area contributed by atoms with E-state index in [4.69, 9.17) is 10.1 Å². The van der Waals surface area contributed by atoms with E-state index in [0.29, 0.717) is 23.7 Å². The lowest BCUT2D eigenvalue weighted by Crippen LogP contribution is -2.51. The average Bonchev–Trinajstić information content (AvgIpc) is 3.62. The van der Waals surface area contributed by atoms with Gasteiger partial charge >= 0.3 is 0 Å². The number of carbonyl (C=O) groups excluding carboxylic acids is 1. The number of benzene rings is 2. The lowest BCUT2D eigenvalue weighted by molar-refractivity contribution is 0.0866. The van der Waals surface area contributed by atoms with Crippen molar-refractivity contribution in [2.24, 2.45) is 4.99 Å². The van der Waals surface area contributed by atoms with Crippen molar-refractivity contribution >= 4 is 43.9 Å². The molecule has 4 aromatic rings.